The van der Waals surface area contributed by atoms with Crippen molar-refractivity contribution in [2.24, 2.45) is 0 Å². The lowest BCUT2D eigenvalue weighted by Crippen LogP contribution is -2.51. The summed E-state index contributed by atoms with van der Waals surface area (Å²) in [5, 5.41) is 1.06. The summed E-state index contributed by atoms with van der Waals surface area (Å²) in [4.78, 5) is 15.2. The molecule has 3 rings (SSSR count). The van der Waals surface area contributed by atoms with Gasteiger partial charge in [0.15, 0.2) is 0 Å². The van der Waals surface area contributed by atoms with E-state index in [1.54, 1.807) is 23.3 Å². The number of amides is 1. The average molecular weight is 438 g/mol. The summed E-state index contributed by atoms with van der Waals surface area (Å²) < 4.78 is 30.8. The van der Waals surface area contributed by atoms with E-state index in [2.05, 4.69) is 0 Å². The fraction of sp³-hybridized carbons (Fsp3) is 0.571. The number of fused-ring (bicyclic) bond motifs is 1. The molecule has 0 bridgehead atoms. The zero-order chi connectivity index (χ0) is 21.2. The van der Waals surface area contributed by atoms with Crippen LogP contribution in [0.15, 0.2) is 24.3 Å². The van der Waals surface area contributed by atoms with Crippen molar-refractivity contribution in [3.8, 4) is 0 Å². The molecule has 0 spiro atoms. The summed E-state index contributed by atoms with van der Waals surface area (Å²) in [5.74, 6) is -0.0184. The molecular formula is C21H31N3O3S2. The number of rotatable bonds is 7. The third-order valence-electron chi connectivity index (χ3n) is 5.64. The molecule has 0 radical (unpaired) electrons. The maximum atomic E-state index is 13.3. The van der Waals surface area contributed by atoms with Crippen LogP contribution >= 0.6 is 11.3 Å². The van der Waals surface area contributed by atoms with E-state index in [-0.39, 0.29) is 11.9 Å². The molecule has 1 aromatic carbocycles. The van der Waals surface area contributed by atoms with E-state index in [4.69, 9.17) is 0 Å². The van der Waals surface area contributed by atoms with Gasteiger partial charge >= 0.3 is 0 Å². The third-order valence-corrected chi connectivity index (χ3v) is 9.08. The maximum Gasteiger partial charge on any atom is 0.282 e. The van der Waals surface area contributed by atoms with E-state index in [0.717, 1.165) is 39.8 Å². The van der Waals surface area contributed by atoms with E-state index in [0.29, 0.717) is 26.1 Å². The Balaban J connectivity index is 2.02. The molecule has 1 fully saturated rings. The van der Waals surface area contributed by atoms with Crippen LogP contribution in [-0.2, 0) is 16.6 Å². The van der Waals surface area contributed by atoms with Crippen molar-refractivity contribution in [3.63, 3.8) is 0 Å². The Bertz CT molecular complexity index is 965. The molecule has 1 saturated heterocycles. The number of hydrogen-bond acceptors (Lipinski definition) is 4. The number of piperidine rings is 1. The molecule has 1 aliphatic rings. The van der Waals surface area contributed by atoms with Gasteiger partial charge in [0, 0.05) is 44.5 Å². The minimum atomic E-state index is -3.50. The lowest BCUT2D eigenvalue weighted by Gasteiger charge is -2.37. The number of benzene rings is 1. The van der Waals surface area contributed by atoms with Crippen LogP contribution in [0.4, 0.5) is 0 Å². The van der Waals surface area contributed by atoms with Gasteiger partial charge in [-0.1, -0.05) is 38.5 Å². The minimum Gasteiger partial charge on any atom is -0.344 e. The Morgan fingerprint density at radius 1 is 1.17 bits per heavy atom. The third kappa shape index (κ3) is 4.35. The molecule has 1 aromatic heterocycles. The summed E-state index contributed by atoms with van der Waals surface area (Å²) in [5.41, 5.74) is 0.982. The Morgan fingerprint density at radius 2 is 1.86 bits per heavy atom. The summed E-state index contributed by atoms with van der Waals surface area (Å²) in [6.45, 7) is 5.23. The van der Waals surface area contributed by atoms with Crippen molar-refractivity contribution in [1.82, 2.24) is 13.5 Å². The van der Waals surface area contributed by atoms with Crippen molar-refractivity contribution in [1.29, 1.82) is 0 Å². The van der Waals surface area contributed by atoms with Gasteiger partial charge in [0.25, 0.3) is 16.1 Å². The van der Waals surface area contributed by atoms with Crippen LogP contribution in [0.3, 0.4) is 0 Å². The van der Waals surface area contributed by atoms with Crippen molar-refractivity contribution in [2.45, 2.75) is 45.6 Å². The first-order chi connectivity index (χ1) is 13.8. The van der Waals surface area contributed by atoms with Crippen LogP contribution in [-0.4, -0.2) is 67.6 Å². The minimum absolute atomic E-state index is 0.0184. The number of carbonyl (C=O) groups is 1. The predicted octanol–water partition coefficient (Wildman–Crippen LogP) is 3.59. The molecule has 0 aliphatic carbocycles. The molecule has 0 saturated carbocycles. The van der Waals surface area contributed by atoms with Gasteiger partial charge in [0.2, 0.25) is 0 Å². The van der Waals surface area contributed by atoms with Gasteiger partial charge < -0.3 is 4.90 Å². The fourth-order valence-corrected chi connectivity index (χ4v) is 7.21. The van der Waals surface area contributed by atoms with Crippen molar-refractivity contribution >= 4 is 37.5 Å². The zero-order valence-corrected chi connectivity index (χ0v) is 19.4. The van der Waals surface area contributed by atoms with Crippen LogP contribution in [0.2, 0.25) is 0 Å². The van der Waals surface area contributed by atoms with E-state index in [1.807, 2.05) is 38.1 Å². The van der Waals surface area contributed by atoms with Gasteiger partial charge in [-0.2, -0.15) is 17.0 Å². The largest absolute Gasteiger partial charge is 0.344 e. The lowest BCUT2D eigenvalue weighted by molar-refractivity contribution is 0.0831. The highest BCUT2D eigenvalue weighted by molar-refractivity contribution is 7.86. The van der Waals surface area contributed by atoms with Gasteiger partial charge in [-0.25, -0.2) is 0 Å². The van der Waals surface area contributed by atoms with Gasteiger partial charge in [-0.15, -0.1) is 11.3 Å². The molecular weight excluding hydrogens is 406 g/mol. The van der Waals surface area contributed by atoms with Crippen molar-refractivity contribution < 1.29 is 13.2 Å². The van der Waals surface area contributed by atoms with Crippen LogP contribution in [0, 0.1) is 0 Å². The first-order valence-electron chi connectivity index (χ1n) is 10.3. The number of hydrogen-bond donors (Lipinski definition) is 0. The quantitative estimate of drug-likeness (QED) is 0.665. The molecule has 1 amide bonds. The van der Waals surface area contributed by atoms with Gasteiger partial charge in [0.1, 0.15) is 0 Å². The highest BCUT2D eigenvalue weighted by Crippen LogP contribution is 2.35. The Kier molecular flexibility index (Phi) is 6.98. The molecule has 2 heterocycles. The van der Waals surface area contributed by atoms with Crippen LogP contribution in [0.5, 0.6) is 0 Å². The van der Waals surface area contributed by atoms with Crippen LogP contribution in [0.1, 0.15) is 48.3 Å². The molecule has 0 N–H and O–H groups in total. The second-order valence-electron chi connectivity index (χ2n) is 7.66. The first kappa shape index (κ1) is 22.2. The standard InChI is InChI=1S/C21H31N3O3S2/c1-5-23(6-2)29(26,27)24-14-10-9-11-16(24)15-18-17-12-7-8-13-19(17)28-20(18)21(25)22(3)4/h7-8,12-13,16H,5-6,9-11,14-15H2,1-4H3. The van der Waals surface area contributed by atoms with E-state index < -0.39 is 10.2 Å². The Hall–Kier alpha value is -1.48. The lowest BCUT2D eigenvalue weighted by atomic mass is 9.95. The number of carbonyl (C=O) groups excluding carboxylic acids is 1. The molecule has 2 aromatic rings. The van der Waals surface area contributed by atoms with Crippen molar-refractivity contribution in [2.75, 3.05) is 33.7 Å². The van der Waals surface area contributed by atoms with Crippen molar-refractivity contribution in [3.05, 3.63) is 34.7 Å². The van der Waals surface area contributed by atoms with E-state index in [1.165, 1.54) is 15.6 Å². The second-order valence-corrected chi connectivity index (χ2v) is 10.6. The average Bonchev–Trinajstić information content (AvgIpc) is 3.07. The topological polar surface area (TPSA) is 60.9 Å². The fourth-order valence-electron chi connectivity index (χ4n) is 4.09. The van der Waals surface area contributed by atoms with Gasteiger partial charge in [-0.3, -0.25) is 4.79 Å². The monoisotopic (exact) mass is 437 g/mol. The second kappa shape index (κ2) is 9.12. The number of thiophene rings is 1. The molecule has 160 valence electrons. The molecule has 29 heavy (non-hydrogen) atoms. The zero-order valence-electron chi connectivity index (χ0n) is 17.7. The van der Waals surface area contributed by atoms with Gasteiger partial charge in [0.05, 0.1) is 4.88 Å². The van der Waals surface area contributed by atoms with E-state index in [9.17, 15) is 13.2 Å². The SMILES string of the molecule is CCN(CC)S(=O)(=O)N1CCCCC1Cc1c(C(=O)N(C)C)sc2ccccc12. The molecule has 8 heteroatoms. The Morgan fingerprint density at radius 3 is 2.52 bits per heavy atom. The Labute approximate surface area is 178 Å². The summed E-state index contributed by atoms with van der Waals surface area (Å²) in [7, 11) is 0.0118. The maximum absolute atomic E-state index is 13.3. The normalized spacial score (nSPS) is 18.4. The van der Waals surface area contributed by atoms with E-state index >= 15 is 0 Å². The summed E-state index contributed by atoms with van der Waals surface area (Å²) in [6, 6.07) is 7.90. The molecule has 1 unspecified atom stereocenters. The van der Waals surface area contributed by atoms with Crippen LogP contribution in [0.25, 0.3) is 10.1 Å². The summed E-state index contributed by atoms with van der Waals surface area (Å²) >= 11 is 1.50. The first-order valence-corrected chi connectivity index (χ1v) is 12.5. The smallest absolute Gasteiger partial charge is 0.282 e. The highest BCUT2D eigenvalue weighted by Gasteiger charge is 2.36. The number of nitrogens with zero attached hydrogens (tertiary/aromatic N) is 3. The highest BCUT2D eigenvalue weighted by atomic mass is 32.2. The molecule has 6 nitrogen and oxygen atoms in total. The molecule has 1 aliphatic heterocycles. The van der Waals surface area contributed by atoms with Gasteiger partial charge in [-0.05, 0) is 36.3 Å². The predicted molar refractivity (Wildman–Crippen MR) is 120 cm³/mol. The molecule has 1 atom stereocenters. The van der Waals surface area contributed by atoms with Crippen LogP contribution < -0.4 is 0 Å². The summed E-state index contributed by atoms with van der Waals surface area (Å²) in [6.07, 6.45) is 3.28.